The summed E-state index contributed by atoms with van der Waals surface area (Å²) in [7, 11) is 0. The van der Waals surface area contributed by atoms with Gasteiger partial charge in [-0.1, -0.05) is 0 Å². The quantitative estimate of drug-likeness (QED) is 0.682. The van der Waals surface area contributed by atoms with Crippen molar-refractivity contribution < 1.29 is 22.8 Å². The van der Waals surface area contributed by atoms with Gasteiger partial charge in [0, 0.05) is 11.4 Å². The van der Waals surface area contributed by atoms with Crippen molar-refractivity contribution in [3.8, 4) is 0 Å². The fraction of sp³-hybridized carbons (Fsp3) is 0.176. The lowest BCUT2D eigenvalue weighted by atomic mass is 10.2. The highest BCUT2D eigenvalue weighted by molar-refractivity contribution is 6.02. The minimum Gasteiger partial charge on any atom is -0.343 e. The Labute approximate surface area is 151 Å². The van der Waals surface area contributed by atoms with Crippen LogP contribution in [0.5, 0.6) is 0 Å². The Morgan fingerprint density at radius 3 is 2.63 bits per heavy atom. The molecule has 140 valence electrons. The summed E-state index contributed by atoms with van der Waals surface area (Å²) < 4.78 is 41.1. The molecule has 3 aromatic rings. The standard InChI is InChI=1S/C17H14F3N5O2/c1-8-5-9(2)25-16(23-8)10(6-22-25)17(27)21-7-13(26)24-12-4-3-11(18)14(19)15(12)20/h3-6H,7H2,1-2H3,(H,21,27)(H,24,26). The number of carbonyl (C=O) groups excluding carboxylic acids is 2. The number of rotatable bonds is 4. The van der Waals surface area contributed by atoms with Crippen LogP contribution in [0, 0.1) is 31.3 Å². The summed E-state index contributed by atoms with van der Waals surface area (Å²) in [5, 5.41) is 8.48. The summed E-state index contributed by atoms with van der Waals surface area (Å²) in [6.45, 7) is 3.06. The highest BCUT2D eigenvalue weighted by atomic mass is 19.2. The number of anilines is 1. The van der Waals surface area contributed by atoms with Crippen molar-refractivity contribution in [2.24, 2.45) is 0 Å². The van der Waals surface area contributed by atoms with Crippen LogP contribution in [0.3, 0.4) is 0 Å². The maximum atomic E-state index is 13.6. The lowest BCUT2D eigenvalue weighted by molar-refractivity contribution is -0.115. The topological polar surface area (TPSA) is 88.4 Å². The van der Waals surface area contributed by atoms with E-state index in [4.69, 9.17) is 0 Å². The van der Waals surface area contributed by atoms with E-state index >= 15 is 0 Å². The summed E-state index contributed by atoms with van der Waals surface area (Å²) in [6, 6.07) is 3.36. The van der Waals surface area contributed by atoms with Crippen molar-refractivity contribution in [1.29, 1.82) is 0 Å². The summed E-state index contributed by atoms with van der Waals surface area (Å²) in [6.07, 6.45) is 1.32. The lowest BCUT2D eigenvalue weighted by Gasteiger charge is -2.08. The molecule has 0 radical (unpaired) electrons. The van der Waals surface area contributed by atoms with Gasteiger partial charge >= 0.3 is 0 Å². The fourth-order valence-corrected chi connectivity index (χ4v) is 2.50. The second kappa shape index (κ2) is 7.06. The fourth-order valence-electron chi connectivity index (χ4n) is 2.50. The average molecular weight is 377 g/mol. The number of carbonyl (C=O) groups is 2. The average Bonchev–Trinajstić information content (AvgIpc) is 3.04. The Hall–Kier alpha value is -3.43. The highest BCUT2D eigenvalue weighted by Gasteiger charge is 2.18. The van der Waals surface area contributed by atoms with E-state index in [1.165, 1.54) is 10.7 Å². The molecular formula is C17H14F3N5O2. The summed E-state index contributed by atoms with van der Waals surface area (Å²) >= 11 is 0. The van der Waals surface area contributed by atoms with Gasteiger partial charge in [-0.15, -0.1) is 0 Å². The molecule has 0 unspecified atom stereocenters. The second-order valence-electron chi connectivity index (χ2n) is 5.79. The zero-order chi connectivity index (χ0) is 19.7. The Bertz CT molecular complexity index is 1060. The molecule has 0 saturated carbocycles. The molecule has 0 aliphatic carbocycles. The van der Waals surface area contributed by atoms with E-state index in [1.807, 2.05) is 0 Å². The third-order valence-electron chi connectivity index (χ3n) is 3.74. The van der Waals surface area contributed by atoms with Gasteiger partial charge in [0.2, 0.25) is 5.91 Å². The van der Waals surface area contributed by atoms with Gasteiger partial charge in [-0.3, -0.25) is 9.59 Å². The van der Waals surface area contributed by atoms with Crippen molar-refractivity contribution in [3.63, 3.8) is 0 Å². The number of nitrogens with one attached hydrogen (secondary N) is 2. The molecule has 10 heteroatoms. The van der Waals surface area contributed by atoms with Crippen molar-refractivity contribution in [3.05, 3.63) is 58.8 Å². The first-order chi connectivity index (χ1) is 12.8. The van der Waals surface area contributed by atoms with Crippen LogP contribution in [0.1, 0.15) is 21.7 Å². The zero-order valence-electron chi connectivity index (χ0n) is 14.3. The van der Waals surface area contributed by atoms with Gasteiger partial charge in [-0.2, -0.15) is 5.10 Å². The number of benzene rings is 1. The molecule has 2 N–H and O–H groups in total. The predicted molar refractivity (Wildman–Crippen MR) is 89.7 cm³/mol. The maximum Gasteiger partial charge on any atom is 0.257 e. The van der Waals surface area contributed by atoms with Gasteiger partial charge in [-0.25, -0.2) is 22.7 Å². The molecule has 0 saturated heterocycles. The van der Waals surface area contributed by atoms with E-state index in [9.17, 15) is 22.8 Å². The SMILES string of the molecule is Cc1cc(C)n2ncc(C(=O)NCC(=O)Nc3ccc(F)c(F)c3F)c2n1. The van der Waals surface area contributed by atoms with E-state index in [0.29, 0.717) is 17.4 Å². The maximum absolute atomic E-state index is 13.6. The van der Waals surface area contributed by atoms with Gasteiger partial charge in [0.05, 0.1) is 18.4 Å². The number of aromatic nitrogens is 3. The van der Waals surface area contributed by atoms with Crippen molar-refractivity contribution >= 4 is 23.1 Å². The van der Waals surface area contributed by atoms with Crippen LogP contribution in [0.4, 0.5) is 18.9 Å². The first-order valence-electron chi connectivity index (χ1n) is 7.81. The van der Waals surface area contributed by atoms with Crippen LogP contribution >= 0.6 is 0 Å². The van der Waals surface area contributed by atoms with Crippen LogP contribution < -0.4 is 10.6 Å². The molecule has 0 atom stereocenters. The van der Waals surface area contributed by atoms with E-state index in [1.54, 1.807) is 19.9 Å². The molecule has 27 heavy (non-hydrogen) atoms. The van der Waals surface area contributed by atoms with Crippen LogP contribution in [0.15, 0.2) is 24.4 Å². The molecule has 7 nitrogen and oxygen atoms in total. The van der Waals surface area contributed by atoms with Gasteiger partial charge < -0.3 is 10.6 Å². The van der Waals surface area contributed by atoms with Crippen LogP contribution in [-0.4, -0.2) is 33.0 Å². The largest absolute Gasteiger partial charge is 0.343 e. The van der Waals surface area contributed by atoms with E-state index in [0.717, 1.165) is 11.8 Å². The van der Waals surface area contributed by atoms with E-state index in [2.05, 4.69) is 20.7 Å². The number of amides is 2. The third-order valence-corrected chi connectivity index (χ3v) is 3.74. The number of hydrogen-bond acceptors (Lipinski definition) is 4. The molecule has 2 heterocycles. The van der Waals surface area contributed by atoms with Gasteiger partial charge in [0.1, 0.15) is 5.56 Å². The summed E-state index contributed by atoms with van der Waals surface area (Å²) in [4.78, 5) is 28.4. The molecule has 1 aromatic carbocycles. The Morgan fingerprint density at radius 1 is 1.15 bits per heavy atom. The monoisotopic (exact) mass is 377 g/mol. The van der Waals surface area contributed by atoms with Crippen LogP contribution in [-0.2, 0) is 4.79 Å². The van der Waals surface area contributed by atoms with Crippen molar-refractivity contribution in [1.82, 2.24) is 19.9 Å². The predicted octanol–water partition coefficient (Wildman–Crippen LogP) is 2.13. The first-order valence-corrected chi connectivity index (χ1v) is 7.81. The zero-order valence-corrected chi connectivity index (χ0v) is 14.3. The molecule has 2 amide bonds. The second-order valence-corrected chi connectivity index (χ2v) is 5.79. The van der Waals surface area contributed by atoms with E-state index < -0.39 is 41.5 Å². The molecule has 0 spiro atoms. The van der Waals surface area contributed by atoms with Gasteiger partial charge in [-0.05, 0) is 32.0 Å². The lowest BCUT2D eigenvalue weighted by Crippen LogP contribution is -2.33. The van der Waals surface area contributed by atoms with Gasteiger partial charge in [0.25, 0.3) is 5.91 Å². The van der Waals surface area contributed by atoms with E-state index in [-0.39, 0.29) is 5.56 Å². The highest BCUT2D eigenvalue weighted by Crippen LogP contribution is 2.19. The van der Waals surface area contributed by atoms with Crippen molar-refractivity contribution in [2.45, 2.75) is 13.8 Å². The molecule has 3 rings (SSSR count). The molecule has 2 aromatic heterocycles. The van der Waals surface area contributed by atoms with Crippen molar-refractivity contribution in [2.75, 3.05) is 11.9 Å². The summed E-state index contributed by atoms with van der Waals surface area (Å²) in [5.74, 6) is -6.01. The van der Waals surface area contributed by atoms with Crippen LogP contribution in [0.2, 0.25) is 0 Å². The Balaban J connectivity index is 1.69. The molecule has 0 fully saturated rings. The smallest absolute Gasteiger partial charge is 0.257 e. The first kappa shape index (κ1) is 18.4. The number of aryl methyl sites for hydroxylation is 2. The number of halogens is 3. The number of fused-ring (bicyclic) bond motifs is 1. The molecule has 0 aliphatic heterocycles. The number of nitrogens with zero attached hydrogens (tertiary/aromatic N) is 3. The minimum absolute atomic E-state index is 0.161. The molecule has 0 bridgehead atoms. The number of hydrogen-bond donors (Lipinski definition) is 2. The van der Waals surface area contributed by atoms with Gasteiger partial charge in [0.15, 0.2) is 23.1 Å². The summed E-state index contributed by atoms with van der Waals surface area (Å²) in [5.41, 5.74) is 1.44. The minimum atomic E-state index is -1.69. The Morgan fingerprint density at radius 2 is 1.89 bits per heavy atom. The Kier molecular flexibility index (Phi) is 4.80. The van der Waals surface area contributed by atoms with Crippen LogP contribution in [0.25, 0.3) is 5.65 Å². The molecule has 0 aliphatic rings. The third kappa shape index (κ3) is 3.59. The normalized spacial score (nSPS) is 10.9. The molecular weight excluding hydrogens is 363 g/mol.